The largest absolute Gasteiger partial charge is 0.448 e. The Labute approximate surface area is 153 Å². The van der Waals surface area contributed by atoms with Gasteiger partial charge in [-0.3, -0.25) is 5.43 Å². The molecule has 1 aromatic carbocycles. The molecule has 2 aromatic heterocycles. The van der Waals surface area contributed by atoms with Crippen LogP contribution in [0.15, 0.2) is 50.6 Å². The Hall–Kier alpha value is -1.92. The van der Waals surface area contributed by atoms with Crippen molar-refractivity contribution in [3.63, 3.8) is 0 Å². The van der Waals surface area contributed by atoms with Crippen molar-refractivity contribution < 1.29 is 4.42 Å². The number of thiazole rings is 1. The highest BCUT2D eigenvalue weighted by Crippen LogP contribution is 2.32. The summed E-state index contributed by atoms with van der Waals surface area (Å²) in [6, 6.07) is 12.2. The standard InChI is InChI=1S/C18H18BrN3OS/c1-3-4-15-17(13-7-5-12(2)6-8-13)21-18(24-15)22-20-11-14-9-10-16(19)23-14/h5-11H,3-4H2,1-2H3,(H,21,22)/b20-11-. The lowest BCUT2D eigenvalue weighted by Crippen LogP contribution is -1.89. The molecule has 1 N–H and O–H groups in total. The van der Waals surface area contributed by atoms with Crippen LogP contribution in [0.2, 0.25) is 0 Å². The summed E-state index contributed by atoms with van der Waals surface area (Å²) in [5.74, 6) is 0.679. The van der Waals surface area contributed by atoms with Crippen molar-refractivity contribution in [3.8, 4) is 11.3 Å². The van der Waals surface area contributed by atoms with Gasteiger partial charge in [0.2, 0.25) is 5.13 Å². The molecule has 0 atom stereocenters. The molecule has 6 heteroatoms. The first-order valence-corrected chi connectivity index (χ1v) is 9.38. The van der Waals surface area contributed by atoms with Crippen molar-refractivity contribution in [2.75, 3.05) is 5.43 Å². The predicted molar refractivity (Wildman–Crippen MR) is 104 cm³/mol. The number of furan rings is 1. The van der Waals surface area contributed by atoms with Gasteiger partial charge in [-0.1, -0.05) is 54.5 Å². The third-order valence-electron chi connectivity index (χ3n) is 3.45. The third-order valence-corrected chi connectivity index (χ3v) is 4.89. The van der Waals surface area contributed by atoms with Gasteiger partial charge in [-0.2, -0.15) is 5.10 Å². The highest BCUT2D eigenvalue weighted by Gasteiger charge is 2.12. The van der Waals surface area contributed by atoms with E-state index in [0.29, 0.717) is 10.4 Å². The lowest BCUT2D eigenvalue weighted by Gasteiger charge is -2.01. The van der Waals surface area contributed by atoms with Crippen LogP contribution in [-0.2, 0) is 6.42 Å². The van der Waals surface area contributed by atoms with E-state index >= 15 is 0 Å². The topological polar surface area (TPSA) is 50.4 Å². The fourth-order valence-corrected chi connectivity index (χ4v) is 3.64. The van der Waals surface area contributed by atoms with Gasteiger partial charge in [0.25, 0.3) is 0 Å². The van der Waals surface area contributed by atoms with Gasteiger partial charge in [0, 0.05) is 10.4 Å². The maximum absolute atomic E-state index is 5.38. The van der Waals surface area contributed by atoms with Crippen LogP contribution in [0.1, 0.15) is 29.5 Å². The zero-order chi connectivity index (χ0) is 16.9. The average molecular weight is 404 g/mol. The van der Waals surface area contributed by atoms with Crippen molar-refractivity contribution in [3.05, 3.63) is 57.3 Å². The molecule has 0 spiro atoms. The first-order chi connectivity index (χ1) is 11.7. The second-order valence-electron chi connectivity index (χ2n) is 5.42. The van der Waals surface area contributed by atoms with E-state index in [1.54, 1.807) is 17.6 Å². The Morgan fingerprint density at radius 2 is 2.04 bits per heavy atom. The van der Waals surface area contributed by atoms with E-state index in [-0.39, 0.29) is 0 Å². The van der Waals surface area contributed by atoms with Crippen LogP contribution >= 0.6 is 27.3 Å². The molecule has 0 saturated heterocycles. The number of hydrogen-bond acceptors (Lipinski definition) is 5. The van der Waals surface area contributed by atoms with Crippen molar-refractivity contribution >= 4 is 38.6 Å². The second-order valence-corrected chi connectivity index (χ2v) is 7.28. The molecule has 3 aromatic rings. The molecule has 3 rings (SSSR count). The monoisotopic (exact) mass is 403 g/mol. The quantitative estimate of drug-likeness (QED) is 0.413. The smallest absolute Gasteiger partial charge is 0.204 e. The Balaban J connectivity index is 1.80. The minimum Gasteiger partial charge on any atom is -0.448 e. The van der Waals surface area contributed by atoms with Gasteiger partial charge in [-0.25, -0.2) is 4.98 Å². The fourth-order valence-electron chi connectivity index (χ4n) is 2.28. The number of hydrazone groups is 1. The summed E-state index contributed by atoms with van der Waals surface area (Å²) >= 11 is 4.92. The molecule has 0 bridgehead atoms. The van der Waals surface area contributed by atoms with E-state index in [9.17, 15) is 0 Å². The summed E-state index contributed by atoms with van der Waals surface area (Å²) in [5.41, 5.74) is 6.44. The van der Waals surface area contributed by atoms with E-state index in [1.165, 1.54) is 10.4 Å². The molecule has 24 heavy (non-hydrogen) atoms. The number of nitrogens with one attached hydrogen (secondary N) is 1. The van der Waals surface area contributed by atoms with Gasteiger partial charge in [-0.15, -0.1) is 0 Å². The zero-order valence-corrected chi connectivity index (χ0v) is 15.9. The SMILES string of the molecule is CCCc1sc(N/N=C\c2ccc(Br)o2)nc1-c1ccc(C)cc1. The lowest BCUT2D eigenvalue weighted by atomic mass is 10.1. The molecule has 2 heterocycles. The zero-order valence-electron chi connectivity index (χ0n) is 13.5. The molecule has 0 saturated carbocycles. The van der Waals surface area contributed by atoms with Gasteiger partial charge in [0.1, 0.15) is 5.76 Å². The highest BCUT2D eigenvalue weighted by atomic mass is 79.9. The van der Waals surface area contributed by atoms with E-state index in [4.69, 9.17) is 9.40 Å². The Morgan fingerprint density at radius 3 is 2.71 bits per heavy atom. The summed E-state index contributed by atoms with van der Waals surface area (Å²) < 4.78 is 6.07. The van der Waals surface area contributed by atoms with E-state index in [2.05, 4.69) is 64.6 Å². The van der Waals surface area contributed by atoms with Gasteiger partial charge < -0.3 is 4.42 Å². The molecule has 0 aliphatic heterocycles. The fraction of sp³-hybridized carbons (Fsp3) is 0.222. The van der Waals surface area contributed by atoms with Crippen LogP contribution in [0.3, 0.4) is 0 Å². The molecule has 0 aliphatic rings. The first kappa shape index (κ1) is 16.9. The van der Waals surface area contributed by atoms with Crippen molar-refractivity contribution in [1.29, 1.82) is 0 Å². The van der Waals surface area contributed by atoms with Gasteiger partial charge in [0.15, 0.2) is 4.67 Å². The number of hydrogen-bond donors (Lipinski definition) is 1. The van der Waals surface area contributed by atoms with Crippen LogP contribution in [0.5, 0.6) is 0 Å². The minimum absolute atomic E-state index is 0.679. The molecular weight excluding hydrogens is 386 g/mol. The van der Waals surface area contributed by atoms with Crippen molar-refractivity contribution in [2.45, 2.75) is 26.7 Å². The summed E-state index contributed by atoms with van der Waals surface area (Å²) in [6.07, 6.45) is 3.73. The highest BCUT2D eigenvalue weighted by molar-refractivity contribution is 9.10. The van der Waals surface area contributed by atoms with Crippen LogP contribution in [0.4, 0.5) is 5.13 Å². The van der Waals surface area contributed by atoms with E-state index < -0.39 is 0 Å². The number of benzene rings is 1. The molecule has 4 nitrogen and oxygen atoms in total. The lowest BCUT2D eigenvalue weighted by molar-refractivity contribution is 0.534. The number of aromatic nitrogens is 1. The maximum atomic E-state index is 5.38. The summed E-state index contributed by atoms with van der Waals surface area (Å²) in [4.78, 5) is 6.00. The van der Waals surface area contributed by atoms with Crippen LogP contribution < -0.4 is 5.43 Å². The molecule has 0 amide bonds. The number of nitrogens with zero attached hydrogens (tertiary/aromatic N) is 2. The summed E-state index contributed by atoms with van der Waals surface area (Å²) in [6.45, 7) is 4.27. The third kappa shape index (κ3) is 4.13. The van der Waals surface area contributed by atoms with Gasteiger partial charge in [-0.05, 0) is 41.4 Å². The van der Waals surface area contributed by atoms with Crippen molar-refractivity contribution in [1.82, 2.24) is 4.98 Å². The van der Waals surface area contributed by atoms with Gasteiger partial charge >= 0.3 is 0 Å². The predicted octanol–water partition coefficient (Wildman–Crippen LogP) is 5.87. The molecule has 0 fully saturated rings. The maximum Gasteiger partial charge on any atom is 0.204 e. The Bertz CT molecular complexity index is 836. The molecule has 0 radical (unpaired) electrons. The molecule has 124 valence electrons. The average Bonchev–Trinajstić information content (AvgIpc) is 3.15. The molecule has 0 aliphatic carbocycles. The number of rotatable bonds is 6. The molecular formula is C18H18BrN3OS. The normalized spacial score (nSPS) is 11.3. The minimum atomic E-state index is 0.679. The first-order valence-electron chi connectivity index (χ1n) is 7.77. The Kier molecular flexibility index (Phi) is 5.48. The van der Waals surface area contributed by atoms with Crippen LogP contribution in [-0.4, -0.2) is 11.2 Å². The number of anilines is 1. The van der Waals surface area contributed by atoms with Gasteiger partial charge in [0.05, 0.1) is 11.9 Å². The summed E-state index contributed by atoms with van der Waals surface area (Å²) in [5, 5.41) is 4.99. The van der Waals surface area contributed by atoms with E-state index in [1.807, 2.05) is 12.1 Å². The number of aryl methyl sites for hydroxylation is 2. The Morgan fingerprint density at radius 1 is 1.25 bits per heavy atom. The number of halogens is 1. The summed E-state index contributed by atoms with van der Waals surface area (Å²) in [7, 11) is 0. The van der Waals surface area contributed by atoms with E-state index in [0.717, 1.165) is 29.2 Å². The van der Waals surface area contributed by atoms with Crippen LogP contribution in [0.25, 0.3) is 11.3 Å². The van der Waals surface area contributed by atoms with Crippen molar-refractivity contribution in [2.24, 2.45) is 5.10 Å². The second kappa shape index (κ2) is 7.77. The molecule has 0 unspecified atom stereocenters. The van der Waals surface area contributed by atoms with Crippen LogP contribution in [0, 0.1) is 6.92 Å².